The second kappa shape index (κ2) is 8.12. The number of benzene rings is 1. The second-order valence-electron chi connectivity index (χ2n) is 7.08. The highest BCUT2D eigenvalue weighted by Gasteiger charge is 2.28. The van der Waals surface area contributed by atoms with Crippen LogP contribution in [-0.4, -0.2) is 25.5 Å². The summed E-state index contributed by atoms with van der Waals surface area (Å²) >= 11 is 0. The van der Waals surface area contributed by atoms with Crippen LogP contribution in [0, 0.1) is 11.8 Å². The van der Waals surface area contributed by atoms with E-state index in [1.807, 2.05) is 12.1 Å². The molecule has 1 aliphatic carbocycles. The standard InChI is InChI=1S/C18H27NO4S/c1-13(2)3-4-14-5-11-17(12-6-14)24(22,23)19-16-9-7-15(8-10-16)18(20)21/h5-6,11-13,15-16,19H,3-4,7-10H2,1-2H3,(H,20,21). The molecule has 0 spiro atoms. The lowest BCUT2D eigenvalue weighted by atomic mass is 9.87. The van der Waals surface area contributed by atoms with Crippen LogP contribution >= 0.6 is 0 Å². The topological polar surface area (TPSA) is 83.5 Å². The largest absolute Gasteiger partial charge is 0.481 e. The van der Waals surface area contributed by atoms with Crippen molar-refractivity contribution in [1.82, 2.24) is 4.72 Å². The molecule has 0 saturated heterocycles. The van der Waals surface area contributed by atoms with Crippen LogP contribution in [-0.2, 0) is 21.2 Å². The summed E-state index contributed by atoms with van der Waals surface area (Å²) in [6.45, 7) is 4.34. The molecule has 0 radical (unpaired) electrons. The maximum atomic E-state index is 12.5. The molecular formula is C18H27NO4S. The number of rotatable bonds is 7. The van der Waals surface area contributed by atoms with Gasteiger partial charge in [-0.2, -0.15) is 0 Å². The van der Waals surface area contributed by atoms with Gasteiger partial charge in [-0.05, 0) is 62.1 Å². The summed E-state index contributed by atoms with van der Waals surface area (Å²) in [5, 5.41) is 9.00. The van der Waals surface area contributed by atoms with Crippen molar-refractivity contribution in [1.29, 1.82) is 0 Å². The molecule has 1 aromatic rings. The Morgan fingerprint density at radius 3 is 2.25 bits per heavy atom. The smallest absolute Gasteiger partial charge is 0.306 e. The maximum Gasteiger partial charge on any atom is 0.306 e. The first-order valence-corrected chi connectivity index (χ1v) is 10.1. The van der Waals surface area contributed by atoms with Gasteiger partial charge in [-0.25, -0.2) is 13.1 Å². The third-order valence-corrected chi connectivity index (χ3v) is 6.18. The molecule has 1 aromatic carbocycles. The van der Waals surface area contributed by atoms with Crippen molar-refractivity contribution in [3.8, 4) is 0 Å². The molecule has 0 aromatic heterocycles. The SMILES string of the molecule is CC(C)CCc1ccc(S(=O)(=O)NC2CCC(C(=O)O)CC2)cc1. The summed E-state index contributed by atoms with van der Waals surface area (Å²) in [4.78, 5) is 11.2. The predicted molar refractivity (Wildman–Crippen MR) is 93.3 cm³/mol. The zero-order valence-corrected chi connectivity index (χ0v) is 15.2. The maximum absolute atomic E-state index is 12.5. The third kappa shape index (κ3) is 5.31. The molecule has 0 atom stereocenters. The molecule has 2 rings (SSSR count). The van der Waals surface area contributed by atoms with Crippen LogP contribution in [0.5, 0.6) is 0 Å². The minimum atomic E-state index is -3.54. The molecule has 0 bridgehead atoms. The number of carboxylic acids is 1. The van der Waals surface area contributed by atoms with Crippen molar-refractivity contribution in [2.75, 3.05) is 0 Å². The van der Waals surface area contributed by atoms with E-state index >= 15 is 0 Å². The molecule has 1 aliphatic rings. The fourth-order valence-corrected chi connectivity index (χ4v) is 4.34. The van der Waals surface area contributed by atoms with Gasteiger partial charge >= 0.3 is 5.97 Å². The average molecular weight is 353 g/mol. The van der Waals surface area contributed by atoms with Gasteiger partial charge in [0, 0.05) is 6.04 Å². The monoisotopic (exact) mass is 353 g/mol. The number of nitrogens with one attached hydrogen (secondary N) is 1. The van der Waals surface area contributed by atoms with Crippen LogP contribution in [0.2, 0.25) is 0 Å². The molecule has 134 valence electrons. The molecule has 1 fully saturated rings. The van der Waals surface area contributed by atoms with Gasteiger partial charge in [0.25, 0.3) is 0 Å². The summed E-state index contributed by atoms with van der Waals surface area (Å²) in [5.41, 5.74) is 1.14. The van der Waals surface area contributed by atoms with Crippen LogP contribution < -0.4 is 4.72 Å². The highest BCUT2D eigenvalue weighted by molar-refractivity contribution is 7.89. The van der Waals surface area contributed by atoms with Crippen LogP contribution in [0.1, 0.15) is 51.5 Å². The van der Waals surface area contributed by atoms with E-state index in [-0.39, 0.29) is 16.9 Å². The van der Waals surface area contributed by atoms with Crippen molar-refractivity contribution in [2.24, 2.45) is 11.8 Å². The molecule has 24 heavy (non-hydrogen) atoms. The van der Waals surface area contributed by atoms with Gasteiger partial charge in [0.15, 0.2) is 0 Å². The molecule has 0 heterocycles. The molecule has 6 heteroatoms. The summed E-state index contributed by atoms with van der Waals surface area (Å²) in [6.07, 6.45) is 4.22. The lowest BCUT2D eigenvalue weighted by molar-refractivity contribution is -0.142. The molecule has 0 aliphatic heterocycles. The number of hydrogen-bond acceptors (Lipinski definition) is 3. The average Bonchev–Trinajstić information content (AvgIpc) is 2.53. The molecule has 0 amide bonds. The first-order chi connectivity index (χ1) is 11.3. The van der Waals surface area contributed by atoms with Crippen LogP contribution in [0.4, 0.5) is 0 Å². The lowest BCUT2D eigenvalue weighted by Crippen LogP contribution is -2.38. The van der Waals surface area contributed by atoms with Crippen LogP contribution in [0.15, 0.2) is 29.2 Å². The molecule has 5 nitrogen and oxygen atoms in total. The second-order valence-corrected chi connectivity index (χ2v) is 8.80. The number of aliphatic carboxylic acids is 1. The normalized spacial score (nSPS) is 21.8. The van der Waals surface area contributed by atoms with Gasteiger partial charge in [-0.1, -0.05) is 26.0 Å². The van der Waals surface area contributed by atoms with Gasteiger partial charge < -0.3 is 5.11 Å². The summed E-state index contributed by atoms with van der Waals surface area (Å²) in [7, 11) is -3.54. The molecule has 2 N–H and O–H groups in total. The van der Waals surface area contributed by atoms with E-state index in [1.54, 1.807) is 12.1 Å². The quantitative estimate of drug-likeness (QED) is 0.788. The van der Waals surface area contributed by atoms with Crippen molar-refractivity contribution in [3.05, 3.63) is 29.8 Å². The zero-order valence-electron chi connectivity index (χ0n) is 14.4. The van der Waals surface area contributed by atoms with E-state index in [1.165, 1.54) is 0 Å². The summed E-state index contributed by atoms with van der Waals surface area (Å²) in [6, 6.07) is 6.88. The predicted octanol–water partition coefficient (Wildman–Crippen LogP) is 3.20. The number of sulfonamides is 1. The Labute approximate surface area is 144 Å². The Morgan fingerprint density at radius 2 is 1.75 bits per heavy atom. The van der Waals surface area contributed by atoms with E-state index < -0.39 is 16.0 Å². The fraction of sp³-hybridized carbons (Fsp3) is 0.611. The summed E-state index contributed by atoms with van der Waals surface area (Å²) < 4.78 is 27.7. The Morgan fingerprint density at radius 1 is 1.17 bits per heavy atom. The fourth-order valence-electron chi connectivity index (χ4n) is 3.04. The van der Waals surface area contributed by atoms with Gasteiger partial charge in [0.2, 0.25) is 10.0 Å². The van der Waals surface area contributed by atoms with Gasteiger partial charge in [0.1, 0.15) is 0 Å². The summed E-state index contributed by atoms with van der Waals surface area (Å²) in [5.74, 6) is -0.504. The van der Waals surface area contributed by atoms with Crippen LogP contribution in [0.25, 0.3) is 0 Å². The molecular weight excluding hydrogens is 326 g/mol. The van der Waals surface area contributed by atoms with E-state index in [0.29, 0.717) is 31.6 Å². The van der Waals surface area contributed by atoms with Crippen molar-refractivity contribution < 1.29 is 18.3 Å². The first-order valence-electron chi connectivity index (χ1n) is 8.62. The van der Waals surface area contributed by atoms with Crippen molar-refractivity contribution >= 4 is 16.0 Å². The number of carboxylic acid groups (broad SMARTS) is 1. The number of hydrogen-bond donors (Lipinski definition) is 2. The van der Waals surface area contributed by atoms with Gasteiger partial charge in [-0.3, -0.25) is 4.79 Å². The lowest BCUT2D eigenvalue weighted by Gasteiger charge is -2.26. The highest BCUT2D eigenvalue weighted by Crippen LogP contribution is 2.25. The van der Waals surface area contributed by atoms with Gasteiger partial charge in [0.05, 0.1) is 10.8 Å². The van der Waals surface area contributed by atoms with Crippen molar-refractivity contribution in [3.63, 3.8) is 0 Å². The number of aryl methyl sites for hydroxylation is 1. The molecule has 0 unspecified atom stereocenters. The minimum Gasteiger partial charge on any atom is -0.481 e. The third-order valence-electron chi connectivity index (χ3n) is 4.64. The van der Waals surface area contributed by atoms with E-state index in [4.69, 9.17) is 5.11 Å². The Bertz CT molecular complexity index is 644. The number of carbonyl (C=O) groups is 1. The Kier molecular flexibility index (Phi) is 6.40. The Hall–Kier alpha value is -1.40. The van der Waals surface area contributed by atoms with E-state index in [9.17, 15) is 13.2 Å². The molecule has 1 saturated carbocycles. The highest BCUT2D eigenvalue weighted by atomic mass is 32.2. The van der Waals surface area contributed by atoms with Gasteiger partial charge in [-0.15, -0.1) is 0 Å². The van der Waals surface area contributed by atoms with E-state index in [2.05, 4.69) is 18.6 Å². The first kappa shape index (κ1) is 18.9. The Balaban J connectivity index is 1.94. The van der Waals surface area contributed by atoms with E-state index in [0.717, 1.165) is 18.4 Å². The van der Waals surface area contributed by atoms with Crippen molar-refractivity contribution in [2.45, 2.75) is 63.3 Å². The zero-order chi connectivity index (χ0) is 17.7. The minimum absolute atomic E-state index is 0.175. The van der Waals surface area contributed by atoms with Crippen LogP contribution in [0.3, 0.4) is 0 Å².